The molecular weight excluding hydrogens is 353 g/mol. The van der Waals surface area contributed by atoms with E-state index in [1.165, 1.54) is 34.1 Å². The van der Waals surface area contributed by atoms with Gasteiger partial charge in [-0.1, -0.05) is 25.1 Å². The van der Waals surface area contributed by atoms with Gasteiger partial charge in [0.1, 0.15) is 4.70 Å². The number of fused-ring (bicyclic) bond motifs is 1. The fraction of sp³-hybridized carbons (Fsp3) is 0.294. The summed E-state index contributed by atoms with van der Waals surface area (Å²) in [5.74, 6) is 0. The minimum Gasteiger partial charge on any atom is -0.288 e. The Kier molecular flexibility index (Phi) is 4.55. The molecule has 0 fully saturated rings. The van der Waals surface area contributed by atoms with Crippen molar-refractivity contribution in [1.29, 1.82) is 0 Å². The smallest absolute Gasteiger partial charge is 0.288 e. The van der Waals surface area contributed by atoms with Crippen LogP contribution in [0.4, 0.5) is 13.2 Å². The molecule has 0 amide bonds. The molecule has 0 aliphatic heterocycles. The number of alkyl halides is 3. The quantitative estimate of drug-likeness (QED) is 0.705. The van der Waals surface area contributed by atoms with Crippen molar-refractivity contribution in [1.82, 2.24) is 9.13 Å². The molecule has 0 aliphatic rings. The zero-order valence-corrected chi connectivity index (χ0v) is 14.2. The van der Waals surface area contributed by atoms with Crippen molar-refractivity contribution in [3.63, 3.8) is 0 Å². The monoisotopic (exact) mass is 368 g/mol. The van der Waals surface area contributed by atoms with Crippen molar-refractivity contribution < 1.29 is 13.2 Å². The van der Waals surface area contributed by atoms with Gasteiger partial charge in [0.2, 0.25) is 0 Å². The minimum absolute atomic E-state index is 0.00806. The molecule has 3 rings (SSSR count). The predicted octanol–water partition coefficient (Wildman–Crippen LogP) is 3.70. The van der Waals surface area contributed by atoms with Crippen LogP contribution in [-0.4, -0.2) is 9.13 Å². The standard InChI is InChI=1S/C17H15F3N2O2S/c1-2-8-21-15(23)14-13(7-9-25-14)22(16(21)24)10-11-5-3-4-6-12(11)17(18,19)20/h3-7,9H,2,8,10H2,1H3. The maximum Gasteiger partial charge on any atom is 0.416 e. The van der Waals surface area contributed by atoms with E-state index < -0.39 is 23.0 Å². The highest BCUT2D eigenvalue weighted by atomic mass is 32.1. The van der Waals surface area contributed by atoms with Gasteiger partial charge in [-0.25, -0.2) is 4.79 Å². The normalized spacial score (nSPS) is 12.0. The summed E-state index contributed by atoms with van der Waals surface area (Å²) in [5.41, 5.74) is -1.40. The van der Waals surface area contributed by atoms with Crippen LogP contribution in [0.25, 0.3) is 10.2 Å². The molecule has 0 saturated heterocycles. The summed E-state index contributed by atoms with van der Waals surface area (Å²) in [6.07, 6.45) is -3.93. The molecule has 4 nitrogen and oxygen atoms in total. The first-order valence-corrected chi connectivity index (χ1v) is 8.58. The molecule has 0 N–H and O–H groups in total. The lowest BCUT2D eigenvalue weighted by molar-refractivity contribution is -0.138. The molecule has 3 aromatic rings. The number of hydrogen-bond donors (Lipinski definition) is 0. The largest absolute Gasteiger partial charge is 0.416 e. The van der Waals surface area contributed by atoms with Crippen molar-refractivity contribution in [2.75, 3.05) is 0 Å². The summed E-state index contributed by atoms with van der Waals surface area (Å²) in [7, 11) is 0. The molecule has 0 bridgehead atoms. The van der Waals surface area contributed by atoms with Crippen LogP contribution in [0.3, 0.4) is 0 Å². The molecule has 1 aromatic carbocycles. The van der Waals surface area contributed by atoms with Crippen LogP contribution >= 0.6 is 11.3 Å². The third kappa shape index (κ3) is 3.13. The van der Waals surface area contributed by atoms with Gasteiger partial charge in [-0.05, 0) is 29.5 Å². The third-order valence-electron chi connectivity index (χ3n) is 3.93. The van der Waals surface area contributed by atoms with Crippen molar-refractivity contribution in [3.05, 3.63) is 67.7 Å². The van der Waals surface area contributed by atoms with Gasteiger partial charge in [-0.3, -0.25) is 13.9 Å². The maximum absolute atomic E-state index is 13.2. The molecule has 0 spiro atoms. The highest BCUT2D eigenvalue weighted by Crippen LogP contribution is 2.32. The Labute approximate surface area is 144 Å². The van der Waals surface area contributed by atoms with Gasteiger partial charge in [0, 0.05) is 6.54 Å². The Balaban J connectivity index is 2.23. The molecular formula is C17H15F3N2O2S. The Morgan fingerprint density at radius 1 is 1.08 bits per heavy atom. The summed E-state index contributed by atoms with van der Waals surface area (Å²) in [5, 5.41) is 1.66. The van der Waals surface area contributed by atoms with Gasteiger partial charge in [0.15, 0.2) is 0 Å². The second-order valence-electron chi connectivity index (χ2n) is 5.62. The number of thiophene rings is 1. The Bertz CT molecular complexity index is 1030. The predicted molar refractivity (Wildman–Crippen MR) is 91.2 cm³/mol. The molecule has 8 heteroatoms. The first-order valence-electron chi connectivity index (χ1n) is 7.70. The van der Waals surface area contributed by atoms with E-state index in [4.69, 9.17) is 0 Å². The number of nitrogens with zero attached hydrogens (tertiary/aromatic N) is 2. The minimum atomic E-state index is -4.51. The van der Waals surface area contributed by atoms with Gasteiger partial charge >= 0.3 is 11.9 Å². The first-order chi connectivity index (χ1) is 11.8. The maximum atomic E-state index is 13.2. The second kappa shape index (κ2) is 6.51. The van der Waals surface area contributed by atoms with Crippen LogP contribution in [0.5, 0.6) is 0 Å². The molecule has 0 aliphatic carbocycles. The molecule has 0 saturated carbocycles. The summed E-state index contributed by atoms with van der Waals surface area (Å²) in [6.45, 7) is 1.81. The van der Waals surface area contributed by atoms with E-state index in [0.717, 1.165) is 10.6 Å². The zero-order chi connectivity index (χ0) is 18.2. The van der Waals surface area contributed by atoms with Crippen LogP contribution in [0.2, 0.25) is 0 Å². The topological polar surface area (TPSA) is 44.0 Å². The molecule has 2 aromatic heterocycles. The number of halogens is 3. The summed E-state index contributed by atoms with van der Waals surface area (Å²) in [4.78, 5) is 25.1. The Morgan fingerprint density at radius 3 is 2.48 bits per heavy atom. The number of hydrogen-bond acceptors (Lipinski definition) is 3. The van der Waals surface area contributed by atoms with Crippen LogP contribution < -0.4 is 11.2 Å². The third-order valence-corrected chi connectivity index (χ3v) is 4.83. The van der Waals surface area contributed by atoms with E-state index >= 15 is 0 Å². The van der Waals surface area contributed by atoms with Gasteiger partial charge in [0.05, 0.1) is 17.6 Å². The van der Waals surface area contributed by atoms with Crippen molar-refractivity contribution in [3.8, 4) is 0 Å². The molecule has 0 radical (unpaired) electrons. The van der Waals surface area contributed by atoms with Crippen LogP contribution in [0, 0.1) is 0 Å². The average Bonchev–Trinajstić information content (AvgIpc) is 3.04. The Morgan fingerprint density at radius 2 is 1.80 bits per heavy atom. The van der Waals surface area contributed by atoms with E-state index in [9.17, 15) is 22.8 Å². The molecule has 132 valence electrons. The number of aromatic nitrogens is 2. The summed E-state index contributed by atoms with van der Waals surface area (Å²) < 4.78 is 42.4. The number of rotatable bonds is 4. The van der Waals surface area contributed by atoms with E-state index in [1.54, 1.807) is 11.4 Å². The number of benzene rings is 1. The molecule has 0 unspecified atom stereocenters. The van der Waals surface area contributed by atoms with Gasteiger partial charge in [-0.2, -0.15) is 13.2 Å². The Hall–Kier alpha value is -2.35. The van der Waals surface area contributed by atoms with E-state index in [2.05, 4.69) is 0 Å². The van der Waals surface area contributed by atoms with Crippen LogP contribution in [-0.2, 0) is 19.3 Å². The van der Waals surface area contributed by atoms with Gasteiger partial charge in [-0.15, -0.1) is 11.3 Å². The van der Waals surface area contributed by atoms with E-state index in [0.29, 0.717) is 16.6 Å². The summed E-state index contributed by atoms with van der Waals surface area (Å²) >= 11 is 1.18. The van der Waals surface area contributed by atoms with Crippen molar-refractivity contribution >= 4 is 21.6 Å². The van der Waals surface area contributed by atoms with Crippen molar-refractivity contribution in [2.24, 2.45) is 0 Å². The van der Waals surface area contributed by atoms with Gasteiger partial charge < -0.3 is 0 Å². The lowest BCUT2D eigenvalue weighted by Crippen LogP contribution is -2.39. The second-order valence-corrected chi connectivity index (χ2v) is 6.53. The lowest BCUT2D eigenvalue weighted by atomic mass is 10.1. The van der Waals surface area contributed by atoms with E-state index in [1.807, 2.05) is 6.92 Å². The molecule has 2 heterocycles. The zero-order valence-electron chi connectivity index (χ0n) is 13.3. The van der Waals surface area contributed by atoms with Gasteiger partial charge in [0.25, 0.3) is 5.56 Å². The van der Waals surface area contributed by atoms with Crippen LogP contribution in [0.15, 0.2) is 45.3 Å². The highest BCUT2D eigenvalue weighted by Gasteiger charge is 2.33. The fourth-order valence-electron chi connectivity index (χ4n) is 2.81. The average molecular weight is 368 g/mol. The summed E-state index contributed by atoms with van der Waals surface area (Å²) in [6, 6.07) is 6.75. The van der Waals surface area contributed by atoms with E-state index in [-0.39, 0.29) is 18.7 Å². The fourth-order valence-corrected chi connectivity index (χ4v) is 3.65. The molecule has 25 heavy (non-hydrogen) atoms. The lowest BCUT2D eigenvalue weighted by Gasteiger charge is -2.15. The van der Waals surface area contributed by atoms with Crippen molar-refractivity contribution in [2.45, 2.75) is 32.6 Å². The highest BCUT2D eigenvalue weighted by molar-refractivity contribution is 7.17. The van der Waals surface area contributed by atoms with Crippen LogP contribution in [0.1, 0.15) is 24.5 Å². The SMILES string of the molecule is CCCn1c(=O)c2sccc2n(Cc2ccccc2C(F)(F)F)c1=O. The first kappa shape index (κ1) is 17.5. The molecule has 0 atom stereocenters.